The van der Waals surface area contributed by atoms with Crippen LogP contribution in [0, 0.1) is 5.92 Å². The molecule has 0 unspecified atom stereocenters. The molecular formula is C13H21F2NO4. The predicted octanol–water partition coefficient (Wildman–Crippen LogP) is 1.51. The van der Waals surface area contributed by atoms with Gasteiger partial charge in [0, 0.05) is 12.5 Å². The van der Waals surface area contributed by atoms with Crippen LogP contribution in [0.5, 0.6) is 0 Å². The second-order valence-electron chi connectivity index (χ2n) is 4.86. The van der Waals surface area contributed by atoms with Gasteiger partial charge in [-0.3, -0.25) is 9.59 Å². The fourth-order valence-corrected chi connectivity index (χ4v) is 2.28. The van der Waals surface area contributed by atoms with Crippen LogP contribution in [0.3, 0.4) is 0 Å². The first-order chi connectivity index (χ1) is 9.52. The van der Waals surface area contributed by atoms with Gasteiger partial charge in [-0.25, -0.2) is 8.78 Å². The molecule has 1 saturated carbocycles. The van der Waals surface area contributed by atoms with Crippen LogP contribution in [0.1, 0.15) is 32.1 Å². The lowest BCUT2D eigenvalue weighted by Crippen LogP contribution is -2.39. The number of methoxy groups -OCH3 is 1. The Hall–Kier alpha value is -1.24. The van der Waals surface area contributed by atoms with Crippen molar-refractivity contribution < 1.29 is 27.8 Å². The molecule has 0 aromatic heterocycles. The van der Waals surface area contributed by atoms with Crippen LogP contribution in [-0.2, 0) is 19.1 Å². The first-order valence-corrected chi connectivity index (χ1v) is 6.76. The van der Waals surface area contributed by atoms with Crippen molar-refractivity contribution >= 4 is 11.9 Å². The lowest BCUT2D eigenvalue weighted by Gasteiger charge is -2.27. The molecule has 0 radical (unpaired) electrons. The van der Waals surface area contributed by atoms with Crippen molar-refractivity contribution in [3.8, 4) is 0 Å². The van der Waals surface area contributed by atoms with Gasteiger partial charge in [0.2, 0.25) is 5.91 Å². The van der Waals surface area contributed by atoms with E-state index in [1.807, 2.05) is 0 Å². The second-order valence-corrected chi connectivity index (χ2v) is 4.86. The molecule has 7 heteroatoms. The van der Waals surface area contributed by atoms with E-state index in [9.17, 15) is 18.4 Å². The van der Waals surface area contributed by atoms with Crippen LogP contribution in [0.2, 0.25) is 0 Å². The zero-order chi connectivity index (χ0) is 15.0. The van der Waals surface area contributed by atoms with Gasteiger partial charge >= 0.3 is 5.97 Å². The summed E-state index contributed by atoms with van der Waals surface area (Å²) in [5, 5.41) is 2.83. The molecule has 0 saturated heterocycles. The lowest BCUT2D eigenvalue weighted by molar-refractivity contribution is -0.146. The first-order valence-electron chi connectivity index (χ1n) is 6.76. The van der Waals surface area contributed by atoms with Crippen molar-refractivity contribution in [1.29, 1.82) is 0 Å². The Balaban J connectivity index is 2.13. The maximum Gasteiger partial charge on any atom is 0.308 e. The van der Waals surface area contributed by atoms with Gasteiger partial charge in [-0.1, -0.05) is 0 Å². The Morgan fingerprint density at radius 2 is 1.90 bits per heavy atom. The molecule has 0 aliphatic heterocycles. The van der Waals surface area contributed by atoms with Crippen LogP contribution in [0.15, 0.2) is 0 Å². The summed E-state index contributed by atoms with van der Waals surface area (Å²) in [6.45, 7) is -0.648. The highest BCUT2D eigenvalue weighted by atomic mass is 19.3. The summed E-state index contributed by atoms with van der Waals surface area (Å²) in [5.74, 6) is -0.488. The Morgan fingerprint density at radius 3 is 2.45 bits per heavy atom. The number of ether oxygens (including phenoxy) is 2. The smallest absolute Gasteiger partial charge is 0.308 e. The molecule has 0 aromatic carbocycles. The minimum absolute atomic E-state index is 0.00627. The zero-order valence-corrected chi connectivity index (χ0v) is 11.6. The summed E-state index contributed by atoms with van der Waals surface area (Å²) in [4.78, 5) is 22.9. The predicted molar refractivity (Wildman–Crippen MR) is 67.3 cm³/mol. The van der Waals surface area contributed by atoms with E-state index in [1.54, 1.807) is 0 Å². The van der Waals surface area contributed by atoms with Gasteiger partial charge in [0.1, 0.15) is 6.61 Å². The zero-order valence-electron chi connectivity index (χ0n) is 11.6. The van der Waals surface area contributed by atoms with Crippen molar-refractivity contribution in [3.05, 3.63) is 0 Å². The van der Waals surface area contributed by atoms with E-state index >= 15 is 0 Å². The SMILES string of the molecule is COC(=O)C1CCC(NC(=O)CCOCC(F)F)CC1. The van der Waals surface area contributed by atoms with E-state index in [-0.39, 0.29) is 36.9 Å². The number of hydrogen-bond acceptors (Lipinski definition) is 4. The average Bonchev–Trinajstić information content (AvgIpc) is 2.43. The topological polar surface area (TPSA) is 64.6 Å². The number of rotatable bonds is 7. The van der Waals surface area contributed by atoms with Gasteiger partial charge in [-0.2, -0.15) is 0 Å². The average molecular weight is 293 g/mol. The van der Waals surface area contributed by atoms with Crippen LogP contribution >= 0.6 is 0 Å². The maximum absolute atomic E-state index is 11.8. The quantitative estimate of drug-likeness (QED) is 0.571. The number of hydrogen-bond donors (Lipinski definition) is 1. The summed E-state index contributed by atoms with van der Waals surface area (Å²) < 4.78 is 32.9. The number of alkyl halides is 2. The molecule has 0 atom stereocenters. The third-order valence-corrected chi connectivity index (χ3v) is 3.34. The van der Waals surface area contributed by atoms with Crippen LogP contribution in [0.4, 0.5) is 8.78 Å². The Kier molecular flexibility index (Phi) is 7.43. The van der Waals surface area contributed by atoms with Gasteiger partial charge < -0.3 is 14.8 Å². The fourth-order valence-electron chi connectivity index (χ4n) is 2.28. The summed E-state index contributed by atoms with van der Waals surface area (Å²) >= 11 is 0. The molecule has 1 aliphatic carbocycles. The molecule has 5 nitrogen and oxygen atoms in total. The molecule has 0 spiro atoms. The van der Waals surface area contributed by atoms with Crippen molar-refractivity contribution in [1.82, 2.24) is 5.32 Å². The minimum atomic E-state index is -2.51. The molecular weight excluding hydrogens is 272 g/mol. The molecule has 20 heavy (non-hydrogen) atoms. The highest BCUT2D eigenvalue weighted by Crippen LogP contribution is 2.25. The van der Waals surface area contributed by atoms with Gasteiger partial charge in [-0.15, -0.1) is 0 Å². The van der Waals surface area contributed by atoms with Gasteiger partial charge in [0.05, 0.1) is 19.6 Å². The number of halogens is 2. The molecule has 1 amide bonds. The van der Waals surface area contributed by atoms with Crippen molar-refractivity contribution in [2.24, 2.45) is 5.92 Å². The van der Waals surface area contributed by atoms with Gasteiger partial charge in [-0.05, 0) is 25.7 Å². The minimum Gasteiger partial charge on any atom is -0.469 e. The number of nitrogens with one attached hydrogen (secondary N) is 1. The molecule has 116 valence electrons. The van der Waals surface area contributed by atoms with Gasteiger partial charge in [0.15, 0.2) is 0 Å². The van der Waals surface area contributed by atoms with Crippen LogP contribution < -0.4 is 5.32 Å². The van der Waals surface area contributed by atoms with Gasteiger partial charge in [0.25, 0.3) is 6.43 Å². The van der Waals surface area contributed by atoms with E-state index in [1.165, 1.54) is 7.11 Å². The van der Waals surface area contributed by atoms with Crippen LogP contribution in [-0.4, -0.2) is 44.7 Å². The second kappa shape index (κ2) is 8.84. The number of amides is 1. The third kappa shape index (κ3) is 6.27. The monoisotopic (exact) mass is 293 g/mol. The first kappa shape index (κ1) is 16.8. The molecule has 0 heterocycles. The molecule has 0 aromatic rings. The fraction of sp³-hybridized carbons (Fsp3) is 0.846. The number of carbonyl (C=O) groups excluding carboxylic acids is 2. The van der Waals surface area contributed by atoms with E-state index in [0.717, 1.165) is 12.8 Å². The normalized spacial score (nSPS) is 22.6. The molecule has 0 bridgehead atoms. The third-order valence-electron chi connectivity index (χ3n) is 3.34. The largest absolute Gasteiger partial charge is 0.469 e. The molecule has 1 aliphatic rings. The Bertz CT molecular complexity index is 317. The number of esters is 1. The lowest BCUT2D eigenvalue weighted by atomic mass is 9.86. The van der Waals surface area contributed by atoms with Crippen molar-refractivity contribution in [2.45, 2.75) is 44.6 Å². The highest BCUT2D eigenvalue weighted by molar-refractivity contribution is 5.76. The molecule has 1 fully saturated rings. The molecule has 1 rings (SSSR count). The maximum atomic E-state index is 11.8. The summed E-state index contributed by atoms with van der Waals surface area (Å²) in [7, 11) is 1.37. The van der Waals surface area contributed by atoms with E-state index in [0.29, 0.717) is 12.8 Å². The summed E-state index contributed by atoms with van der Waals surface area (Å²) in [6, 6.07) is 0.0403. The molecule has 1 N–H and O–H groups in total. The Morgan fingerprint density at radius 1 is 1.25 bits per heavy atom. The standard InChI is InChI=1S/C13H21F2NO4/c1-19-13(18)9-2-4-10(5-3-9)16-12(17)6-7-20-8-11(14)15/h9-11H,2-8H2,1H3,(H,16,17). The summed E-state index contributed by atoms with van der Waals surface area (Å²) in [6.07, 6.45) is 0.404. The summed E-state index contributed by atoms with van der Waals surface area (Å²) in [5.41, 5.74) is 0. The van der Waals surface area contributed by atoms with Crippen molar-refractivity contribution in [3.63, 3.8) is 0 Å². The number of carbonyl (C=O) groups is 2. The van der Waals surface area contributed by atoms with E-state index in [2.05, 4.69) is 14.8 Å². The van der Waals surface area contributed by atoms with Crippen LogP contribution in [0.25, 0.3) is 0 Å². The van der Waals surface area contributed by atoms with Crippen molar-refractivity contribution in [2.75, 3.05) is 20.3 Å². The van der Waals surface area contributed by atoms with E-state index in [4.69, 9.17) is 0 Å². The Labute approximate surface area is 117 Å². The van der Waals surface area contributed by atoms with E-state index < -0.39 is 13.0 Å². The highest BCUT2D eigenvalue weighted by Gasteiger charge is 2.27.